The normalized spacial score (nSPS) is 9.83. The maximum atomic E-state index is 12.6. The topological polar surface area (TPSA) is 50.2 Å². The molecule has 0 aliphatic carbocycles. The SMILES string of the molecule is O=C(O)Cc1ccc(F)nc1F. The maximum absolute atomic E-state index is 12.6. The molecule has 0 aromatic carbocycles. The summed E-state index contributed by atoms with van der Waals surface area (Å²) in [5, 5.41) is 8.27. The van der Waals surface area contributed by atoms with Gasteiger partial charge in [-0.1, -0.05) is 0 Å². The third-order valence-corrected chi connectivity index (χ3v) is 1.23. The summed E-state index contributed by atoms with van der Waals surface area (Å²) in [6.45, 7) is 0. The quantitative estimate of drug-likeness (QED) is 0.678. The van der Waals surface area contributed by atoms with Gasteiger partial charge in [-0.15, -0.1) is 0 Å². The minimum absolute atomic E-state index is 0.121. The molecule has 5 heteroatoms. The number of nitrogens with zero attached hydrogens (tertiary/aromatic N) is 1. The van der Waals surface area contributed by atoms with Crippen LogP contribution in [0, 0.1) is 11.9 Å². The van der Waals surface area contributed by atoms with Crippen molar-refractivity contribution in [3.8, 4) is 0 Å². The Morgan fingerprint density at radius 2 is 2.17 bits per heavy atom. The molecule has 0 amide bonds. The van der Waals surface area contributed by atoms with Gasteiger partial charge in [0.25, 0.3) is 0 Å². The lowest BCUT2D eigenvalue weighted by Gasteiger charge is -1.97. The van der Waals surface area contributed by atoms with E-state index in [1.165, 1.54) is 0 Å². The Bertz CT molecular complexity index is 314. The summed E-state index contributed by atoms with van der Waals surface area (Å²) < 4.78 is 24.8. The second kappa shape index (κ2) is 3.25. The fraction of sp³-hybridized carbons (Fsp3) is 0.143. The number of hydrogen-bond acceptors (Lipinski definition) is 2. The minimum Gasteiger partial charge on any atom is -0.481 e. The molecule has 1 rings (SSSR count). The zero-order chi connectivity index (χ0) is 9.14. The predicted octanol–water partition coefficient (Wildman–Crippen LogP) is 0.987. The van der Waals surface area contributed by atoms with Crippen molar-refractivity contribution in [1.29, 1.82) is 0 Å². The number of carboxylic acid groups (broad SMARTS) is 1. The number of pyridine rings is 1. The molecule has 64 valence electrons. The third kappa shape index (κ3) is 1.98. The number of rotatable bonds is 2. The fourth-order valence-electron chi connectivity index (χ4n) is 0.736. The van der Waals surface area contributed by atoms with E-state index in [1.54, 1.807) is 0 Å². The van der Waals surface area contributed by atoms with Gasteiger partial charge in [-0.05, 0) is 12.1 Å². The Balaban J connectivity index is 2.93. The predicted molar refractivity (Wildman–Crippen MR) is 35.5 cm³/mol. The first-order valence-corrected chi connectivity index (χ1v) is 3.12. The van der Waals surface area contributed by atoms with Crippen molar-refractivity contribution < 1.29 is 18.7 Å². The molecule has 0 unspecified atom stereocenters. The van der Waals surface area contributed by atoms with E-state index in [1.807, 2.05) is 0 Å². The van der Waals surface area contributed by atoms with Crippen molar-refractivity contribution >= 4 is 5.97 Å². The van der Waals surface area contributed by atoms with Crippen LogP contribution in [0.5, 0.6) is 0 Å². The summed E-state index contributed by atoms with van der Waals surface area (Å²) in [7, 11) is 0. The Morgan fingerprint density at radius 3 is 2.67 bits per heavy atom. The number of carbonyl (C=O) groups is 1. The van der Waals surface area contributed by atoms with Crippen molar-refractivity contribution in [2.24, 2.45) is 0 Å². The van der Waals surface area contributed by atoms with Gasteiger partial charge in [0.15, 0.2) is 0 Å². The zero-order valence-electron chi connectivity index (χ0n) is 5.92. The van der Waals surface area contributed by atoms with Gasteiger partial charge in [0, 0.05) is 5.56 Å². The van der Waals surface area contributed by atoms with E-state index in [4.69, 9.17) is 5.11 Å². The average molecular weight is 173 g/mol. The van der Waals surface area contributed by atoms with Crippen LogP contribution in [-0.2, 0) is 11.2 Å². The van der Waals surface area contributed by atoms with Crippen LogP contribution in [0.15, 0.2) is 12.1 Å². The van der Waals surface area contributed by atoms with Crippen LogP contribution in [0.25, 0.3) is 0 Å². The first-order valence-electron chi connectivity index (χ1n) is 3.12. The van der Waals surface area contributed by atoms with Gasteiger partial charge in [0.05, 0.1) is 6.42 Å². The van der Waals surface area contributed by atoms with Gasteiger partial charge >= 0.3 is 5.97 Å². The summed E-state index contributed by atoms with van der Waals surface area (Å²) in [6, 6.07) is 1.98. The van der Waals surface area contributed by atoms with E-state index >= 15 is 0 Å². The van der Waals surface area contributed by atoms with E-state index in [-0.39, 0.29) is 5.56 Å². The molecule has 0 radical (unpaired) electrons. The number of halogens is 2. The lowest BCUT2D eigenvalue weighted by molar-refractivity contribution is -0.136. The van der Waals surface area contributed by atoms with Crippen LogP contribution < -0.4 is 0 Å². The van der Waals surface area contributed by atoms with Crippen LogP contribution in [0.1, 0.15) is 5.56 Å². The van der Waals surface area contributed by atoms with Crippen molar-refractivity contribution in [3.05, 3.63) is 29.6 Å². The Kier molecular flexibility index (Phi) is 2.32. The zero-order valence-corrected chi connectivity index (χ0v) is 5.92. The highest BCUT2D eigenvalue weighted by molar-refractivity contribution is 5.70. The number of aromatic nitrogens is 1. The molecule has 12 heavy (non-hydrogen) atoms. The summed E-state index contributed by atoms with van der Waals surface area (Å²) in [6.07, 6.45) is -0.487. The Hall–Kier alpha value is -1.52. The highest BCUT2D eigenvalue weighted by atomic mass is 19.1. The summed E-state index contributed by atoms with van der Waals surface area (Å²) >= 11 is 0. The third-order valence-electron chi connectivity index (χ3n) is 1.23. The molecule has 1 N–H and O–H groups in total. The number of hydrogen-bond donors (Lipinski definition) is 1. The maximum Gasteiger partial charge on any atom is 0.307 e. The van der Waals surface area contributed by atoms with E-state index in [9.17, 15) is 13.6 Å². The average Bonchev–Trinajstić information content (AvgIpc) is 1.94. The second-order valence-electron chi connectivity index (χ2n) is 2.15. The van der Waals surface area contributed by atoms with Crippen molar-refractivity contribution in [1.82, 2.24) is 4.98 Å². The van der Waals surface area contributed by atoms with Crippen LogP contribution in [0.3, 0.4) is 0 Å². The molecule has 0 aliphatic heterocycles. The van der Waals surface area contributed by atoms with E-state index < -0.39 is 24.3 Å². The summed E-state index contributed by atoms with van der Waals surface area (Å²) in [5.41, 5.74) is -0.121. The number of aliphatic carboxylic acids is 1. The van der Waals surface area contributed by atoms with Gasteiger partial charge in [-0.2, -0.15) is 13.8 Å². The lowest BCUT2D eigenvalue weighted by atomic mass is 10.2. The molecule has 0 aliphatic rings. The fourth-order valence-corrected chi connectivity index (χ4v) is 0.736. The molecule has 0 atom stereocenters. The van der Waals surface area contributed by atoms with Gasteiger partial charge in [0.1, 0.15) is 0 Å². The Morgan fingerprint density at radius 1 is 1.50 bits per heavy atom. The lowest BCUT2D eigenvalue weighted by Crippen LogP contribution is -2.04. The molecule has 1 aromatic rings. The van der Waals surface area contributed by atoms with Gasteiger partial charge in [-0.3, -0.25) is 4.79 Å². The van der Waals surface area contributed by atoms with Crippen molar-refractivity contribution in [3.63, 3.8) is 0 Å². The smallest absolute Gasteiger partial charge is 0.307 e. The van der Waals surface area contributed by atoms with E-state index in [0.717, 1.165) is 12.1 Å². The van der Waals surface area contributed by atoms with Crippen LogP contribution in [0.2, 0.25) is 0 Å². The van der Waals surface area contributed by atoms with E-state index in [2.05, 4.69) is 4.98 Å². The van der Waals surface area contributed by atoms with Gasteiger partial charge in [0.2, 0.25) is 11.9 Å². The van der Waals surface area contributed by atoms with Crippen LogP contribution >= 0.6 is 0 Å². The summed E-state index contributed by atoms with van der Waals surface area (Å²) in [4.78, 5) is 12.9. The molecule has 3 nitrogen and oxygen atoms in total. The van der Waals surface area contributed by atoms with Crippen LogP contribution in [-0.4, -0.2) is 16.1 Å². The van der Waals surface area contributed by atoms with Crippen LogP contribution in [0.4, 0.5) is 8.78 Å². The summed E-state index contributed by atoms with van der Waals surface area (Å²) in [5.74, 6) is -3.21. The van der Waals surface area contributed by atoms with Gasteiger partial charge in [-0.25, -0.2) is 0 Å². The van der Waals surface area contributed by atoms with E-state index in [0.29, 0.717) is 0 Å². The Labute approximate surface area is 66.7 Å². The molecule has 0 bridgehead atoms. The molecular formula is C7H5F2NO2. The minimum atomic E-state index is -1.18. The molecule has 0 saturated carbocycles. The van der Waals surface area contributed by atoms with Crippen molar-refractivity contribution in [2.45, 2.75) is 6.42 Å². The molecule has 1 aromatic heterocycles. The first-order chi connectivity index (χ1) is 5.59. The molecular weight excluding hydrogens is 168 g/mol. The monoisotopic (exact) mass is 173 g/mol. The molecule has 1 heterocycles. The highest BCUT2D eigenvalue weighted by Crippen LogP contribution is 2.05. The first kappa shape index (κ1) is 8.58. The second-order valence-corrected chi connectivity index (χ2v) is 2.15. The van der Waals surface area contributed by atoms with Gasteiger partial charge < -0.3 is 5.11 Å². The highest BCUT2D eigenvalue weighted by Gasteiger charge is 2.08. The molecule has 0 saturated heterocycles. The standard InChI is InChI=1S/C7H5F2NO2/c8-5-2-1-4(3-6(11)12)7(9)10-5/h1-2H,3H2,(H,11,12). The largest absolute Gasteiger partial charge is 0.481 e. The van der Waals surface area contributed by atoms with Crippen molar-refractivity contribution in [2.75, 3.05) is 0 Å². The number of carboxylic acids is 1. The molecule has 0 spiro atoms. The molecule has 0 fully saturated rings.